The van der Waals surface area contributed by atoms with E-state index in [1.165, 1.54) is 12.1 Å². The van der Waals surface area contributed by atoms with Gasteiger partial charge in [0.2, 0.25) is 0 Å². The molecule has 2 heterocycles. The molecule has 0 spiro atoms. The highest BCUT2D eigenvalue weighted by atomic mass is 35.5. The van der Waals surface area contributed by atoms with Crippen LogP contribution in [0, 0.1) is 5.82 Å². The highest BCUT2D eigenvalue weighted by Gasteiger charge is 2.24. The van der Waals surface area contributed by atoms with Crippen LogP contribution in [0.15, 0.2) is 59.0 Å². The molecule has 33 heavy (non-hydrogen) atoms. The van der Waals surface area contributed by atoms with Crippen LogP contribution in [0.3, 0.4) is 0 Å². The van der Waals surface area contributed by atoms with Crippen molar-refractivity contribution in [2.45, 2.75) is 20.1 Å². The van der Waals surface area contributed by atoms with Gasteiger partial charge in [0.25, 0.3) is 5.91 Å². The quantitative estimate of drug-likeness (QED) is 0.461. The van der Waals surface area contributed by atoms with Crippen LogP contribution in [0.1, 0.15) is 28.8 Å². The lowest BCUT2D eigenvalue weighted by Gasteiger charge is -2.34. The van der Waals surface area contributed by atoms with Gasteiger partial charge >= 0.3 is 0 Å². The van der Waals surface area contributed by atoms with Crippen molar-refractivity contribution in [3.8, 4) is 11.5 Å². The molecule has 0 saturated carbocycles. The first-order valence-electron chi connectivity index (χ1n) is 10.9. The van der Waals surface area contributed by atoms with Gasteiger partial charge in [0.15, 0.2) is 5.76 Å². The summed E-state index contributed by atoms with van der Waals surface area (Å²) in [6.07, 6.45) is 0. The molecule has 1 aliphatic rings. The molecular formula is C25H26ClFN2O4. The van der Waals surface area contributed by atoms with Gasteiger partial charge in [-0.05, 0) is 61.0 Å². The average Bonchev–Trinajstić information content (AvgIpc) is 3.30. The fraction of sp³-hybridized carbons (Fsp3) is 0.320. The number of hydrogen-bond acceptors (Lipinski definition) is 5. The summed E-state index contributed by atoms with van der Waals surface area (Å²) >= 11 is 6.14. The number of halogens is 2. The summed E-state index contributed by atoms with van der Waals surface area (Å²) in [4.78, 5) is 16.8. The number of hydrogen-bond donors (Lipinski definition) is 0. The van der Waals surface area contributed by atoms with Gasteiger partial charge in [-0.2, -0.15) is 0 Å². The van der Waals surface area contributed by atoms with E-state index in [1.54, 1.807) is 23.1 Å². The van der Waals surface area contributed by atoms with Crippen LogP contribution >= 0.6 is 11.6 Å². The maximum atomic E-state index is 13.2. The summed E-state index contributed by atoms with van der Waals surface area (Å²) in [7, 11) is 0. The van der Waals surface area contributed by atoms with Gasteiger partial charge in [-0.25, -0.2) is 4.39 Å². The van der Waals surface area contributed by atoms with Crippen molar-refractivity contribution in [3.05, 3.63) is 82.5 Å². The first kappa shape index (κ1) is 23.1. The Morgan fingerprint density at radius 1 is 1.00 bits per heavy atom. The van der Waals surface area contributed by atoms with Crippen LogP contribution in [0.5, 0.6) is 11.5 Å². The number of amides is 1. The van der Waals surface area contributed by atoms with E-state index in [2.05, 4.69) is 4.90 Å². The Hall–Kier alpha value is -3.03. The van der Waals surface area contributed by atoms with Crippen LogP contribution in [-0.4, -0.2) is 48.5 Å². The standard InChI is InChI=1S/C25H26ClFN2O4/c1-2-31-20-5-7-21(8-6-20)32-17-22-9-10-24(33-22)25(30)29-13-11-28(12-14-29)16-18-3-4-19(27)15-23(18)26/h3-10,15H,2,11-14,16-17H2,1H3. The molecule has 0 aliphatic carbocycles. The zero-order chi connectivity index (χ0) is 23.2. The van der Waals surface area contributed by atoms with E-state index >= 15 is 0 Å². The smallest absolute Gasteiger partial charge is 0.289 e. The fourth-order valence-corrected chi connectivity index (χ4v) is 3.91. The second kappa shape index (κ2) is 10.7. The molecule has 4 rings (SSSR count). The number of piperazine rings is 1. The van der Waals surface area contributed by atoms with Gasteiger partial charge < -0.3 is 18.8 Å². The summed E-state index contributed by atoms with van der Waals surface area (Å²) in [6, 6.07) is 15.2. The summed E-state index contributed by atoms with van der Waals surface area (Å²) in [5.74, 6) is 1.88. The number of carbonyl (C=O) groups excluding carboxylic acids is 1. The zero-order valence-corrected chi connectivity index (χ0v) is 19.2. The number of ether oxygens (including phenoxy) is 2. The lowest BCUT2D eigenvalue weighted by atomic mass is 10.2. The second-order valence-electron chi connectivity index (χ2n) is 7.76. The minimum absolute atomic E-state index is 0.137. The third-order valence-electron chi connectivity index (χ3n) is 5.46. The normalized spacial score (nSPS) is 14.3. The molecule has 1 saturated heterocycles. The van der Waals surface area contributed by atoms with Crippen molar-refractivity contribution < 1.29 is 23.1 Å². The molecule has 2 aromatic carbocycles. The SMILES string of the molecule is CCOc1ccc(OCc2ccc(C(=O)N3CCN(Cc4ccc(F)cc4Cl)CC3)o2)cc1. The summed E-state index contributed by atoms with van der Waals surface area (Å²) < 4.78 is 30.1. The molecule has 1 fully saturated rings. The highest BCUT2D eigenvalue weighted by Crippen LogP contribution is 2.22. The van der Waals surface area contributed by atoms with E-state index in [9.17, 15) is 9.18 Å². The Labute approximate surface area is 197 Å². The molecule has 3 aromatic rings. The summed E-state index contributed by atoms with van der Waals surface area (Å²) in [5.41, 5.74) is 0.876. The van der Waals surface area contributed by atoms with E-state index in [0.29, 0.717) is 61.6 Å². The van der Waals surface area contributed by atoms with Crippen molar-refractivity contribution in [1.82, 2.24) is 9.80 Å². The molecule has 174 valence electrons. The Morgan fingerprint density at radius 2 is 1.70 bits per heavy atom. The van der Waals surface area contributed by atoms with Crippen molar-refractivity contribution in [3.63, 3.8) is 0 Å². The van der Waals surface area contributed by atoms with Crippen LogP contribution in [-0.2, 0) is 13.2 Å². The Kier molecular flexibility index (Phi) is 7.52. The molecule has 0 atom stereocenters. The van der Waals surface area contributed by atoms with Crippen LogP contribution in [0.4, 0.5) is 4.39 Å². The second-order valence-corrected chi connectivity index (χ2v) is 8.17. The lowest BCUT2D eigenvalue weighted by molar-refractivity contribution is 0.0594. The van der Waals surface area contributed by atoms with E-state index in [1.807, 2.05) is 31.2 Å². The average molecular weight is 473 g/mol. The van der Waals surface area contributed by atoms with Crippen molar-refractivity contribution in [2.24, 2.45) is 0 Å². The molecule has 6 nitrogen and oxygen atoms in total. The van der Waals surface area contributed by atoms with Crippen LogP contribution in [0.25, 0.3) is 0 Å². The number of carbonyl (C=O) groups is 1. The maximum absolute atomic E-state index is 13.2. The third-order valence-corrected chi connectivity index (χ3v) is 5.81. The molecule has 1 amide bonds. The molecule has 1 aliphatic heterocycles. The molecule has 0 radical (unpaired) electrons. The predicted octanol–water partition coefficient (Wildman–Crippen LogP) is 5.01. The maximum Gasteiger partial charge on any atom is 0.289 e. The van der Waals surface area contributed by atoms with Crippen molar-refractivity contribution >= 4 is 17.5 Å². The van der Waals surface area contributed by atoms with Gasteiger partial charge in [0, 0.05) is 37.7 Å². The largest absolute Gasteiger partial charge is 0.494 e. The Morgan fingerprint density at radius 3 is 2.36 bits per heavy atom. The van der Waals surface area contributed by atoms with Gasteiger partial charge in [-0.1, -0.05) is 17.7 Å². The highest BCUT2D eigenvalue weighted by molar-refractivity contribution is 6.31. The summed E-state index contributed by atoms with van der Waals surface area (Å²) in [5, 5.41) is 0.420. The number of nitrogens with zero attached hydrogens (tertiary/aromatic N) is 2. The first-order chi connectivity index (χ1) is 16.0. The van der Waals surface area contributed by atoms with Gasteiger partial charge in [0.1, 0.15) is 29.7 Å². The minimum atomic E-state index is -0.345. The van der Waals surface area contributed by atoms with Crippen LogP contribution < -0.4 is 9.47 Å². The van der Waals surface area contributed by atoms with E-state index in [4.69, 9.17) is 25.5 Å². The molecular weight excluding hydrogens is 447 g/mol. The molecule has 8 heteroatoms. The topological polar surface area (TPSA) is 55.2 Å². The first-order valence-corrected chi connectivity index (χ1v) is 11.3. The van der Waals surface area contributed by atoms with E-state index < -0.39 is 0 Å². The number of benzene rings is 2. The van der Waals surface area contributed by atoms with Crippen LogP contribution in [0.2, 0.25) is 5.02 Å². The number of furan rings is 1. The Bertz CT molecular complexity index is 1080. The van der Waals surface area contributed by atoms with Crippen molar-refractivity contribution in [1.29, 1.82) is 0 Å². The van der Waals surface area contributed by atoms with E-state index in [-0.39, 0.29) is 18.3 Å². The Balaban J connectivity index is 1.26. The van der Waals surface area contributed by atoms with E-state index in [0.717, 1.165) is 11.3 Å². The predicted molar refractivity (Wildman–Crippen MR) is 123 cm³/mol. The van der Waals surface area contributed by atoms with Gasteiger partial charge in [-0.15, -0.1) is 0 Å². The van der Waals surface area contributed by atoms with Gasteiger partial charge in [-0.3, -0.25) is 9.69 Å². The molecule has 1 aromatic heterocycles. The molecule has 0 N–H and O–H groups in total. The monoisotopic (exact) mass is 472 g/mol. The fourth-order valence-electron chi connectivity index (χ4n) is 3.68. The summed E-state index contributed by atoms with van der Waals surface area (Å²) in [6.45, 7) is 5.96. The zero-order valence-electron chi connectivity index (χ0n) is 18.4. The third kappa shape index (κ3) is 6.06. The lowest BCUT2D eigenvalue weighted by Crippen LogP contribution is -2.48. The molecule has 0 unspecified atom stereocenters. The van der Waals surface area contributed by atoms with Gasteiger partial charge in [0.05, 0.1) is 6.61 Å². The minimum Gasteiger partial charge on any atom is -0.494 e. The number of rotatable bonds is 8. The molecule has 0 bridgehead atoms. The van der Waals surface area contributed by atoms with Crippen molar-refractivity contribution in [2.75, 3.05) is 32.8 Å².